The Balaban J connectivity index is 1.87. The zero-order valence-corrected chi connectivity index (χ0v) is 9.98. The number of hydrogen-bond donors (Lipinski definition) is 2. The highest BCUT2D eigenvalue weighted by molar-refractivity contribution is 5.94. The molecule has 3 rings (SSSR count). The van der Waals surface area contributed by atoms with Gasteiger partial charge in [0.1, 0.15) is 11.4 Å². The molecule has 4 heteroatoms. The van der Waals surface area contributed by atoms with E-state index in [1.54, 1.807) is 6.07 Å². The molecular weight excluding hydrogens is 230 g/mol. The molecule has 0 spiro atoms. The lowest BCUT2D eigenvalue weighted by atomic mass is 10.2. The Labute approximate surface area is 105 Å². The van der Waals surface area contributed by atoms with Crippen molar-refractivity contribution in [3.63, 3.8) is 0 Å². The molecule has 0 radical (unpaired) electrons. The quantitative estimate of drug-likeness (QED) is 0.872. The number of benzene rings is 1. The van der Waals surface area contributed by atoms with Gasteiger partial charge in [-0.1, -0.05) is 0 Å². The fourth-order valence-corrected chi connectivity index (χ4v) is 2.50. The standard InChI is InChI=1S/C14H15NO3/c16-14(17)13-8-9-7-11(5-6-12(9)15-13)18-10-3-1-2-4-10/h5-8,10,15H,1-4H2,(H,16,17). The Morgan fingerprint density at radius 2 is 2.06 bits per heavy atom. The molecule has 1 fully saturated rings. The van der Waals surface area contributed by atoms with Crippen LogP contribution in [0.25, 0.3) is 10.9 Å². The van der Waals surface area contributed by atoms with E-state index in [2.05, 4.69) is 4.98 Å². The van der Waals surface area contributed by atoms with Gasteiger partial charge in [0, 0.05) is 10.9 Å². The van der Waals surface area contributed by atoms with Crippen LogP contribution >= 0.6 is 0 Å². The smallest absolute Gasteiger partial charge is 0.352 e. The van der Waals surface area contributed by atoms with E-state index in [9.17, 15) is 4.79 Å². The first-order valence-corrected chi connectivity index (χ1v) is 6.25. The summed E-state index contributed by atoms with van der Waals surface area (Å²) in [7, 11) is 0. The summed E-state index contributed by atoms with van der Waals surface area (Å²) >= 11 is 0. The van der Waals surface area contributed by atoms with Gasteiger partial charge in [0.05, 0.1) is 6.10 Å². The maximum atomic E-state index is 10.9. The van der Waals surface area contributed by atoms with Gasteiger partial charge in [-0.2, -0.15) is 0 Å². The number of ether oxygens (including phenoxy) is 1. The molecule has 94 valence electrons. The molecule has 0 bridgehead atoms. The lowest BCUT2D eigenvalue weighted by molar-refractivity contribution is 0.0691. The van der Waals surface area contributed by atoms with Crippen LogP contribution in [-0.4, -0.2) is 22.2 Å². The van der Waals surface area contributed by atoms with Crippen LogP contribution in [0.2, 0.25) is 0 Å². The van der Waals surface area contributed by atoms with Gasteiger partial charge in [0.2, 0.25) is 0 Å². The monoisotopic (exact) mass is 245 g/mol. The van der Waals surface area contributed by atoms with Crippen LogP contribution in [0.3, 0.4) is 0 Å². The second-order valence-electron chi connectivity index (χ2n) is 4.76. The molecule has 2 aromatic rings. The third-order valence-electron chi connectivity index (χ3n) is 3.43. The average molecular weight is 245 g/mol. The largest absolute Gasteiger partial charge is 0.490 e. The Morgan fingerprint density at radius 3 is 2.78 bits per heavy atom. The number of H-pyrrole nitrogens is 1. The first kappa shape index (κ1) is 11.1. The van der Waals surface area contributed by atoms with E-state index in [0.29, 0.717) is 6.10 Å². The molecule has 18 heavy (non-hydrogen) atoms. The fraction of sp³-hybridized carbons (Fsp3) is 0.357. The SMILES string of the molecule is O=C(O)c1cc2cc(OC3CCCC3)ccc2[nH]1. The van der Waals surface area contributed by atoms with E-state index >= 15 is 0 Å². The van der Waals surface area contributed by atoms with Gasteiger partial charge in [-0.15, -0.1) is 0 Å². The Bertz CT molecular complexity index is 582. The van der Waals surface area contributed by atoms with Gasteiger partial charge in [-0.25, -0.2) is 4.79 Å². The van der Waals surface area contributed by atoms with E-state index in [-0.39, 0.29) is 5.69 Å². The van der Waals surface area contributed by atoms with Crippen molar-refractivity contribution < 1.29 is 14.6 Å². The molecule has 0 amide bonds. The highest BCUT2D eigenvalue weighted by Gasteiger charge is 2.16. The minimum atomic E-state index is -0.940. The van der Waals surface area contributed by atoms with E-state index in [1.807, 2.05) is 18.2 Å². The normalized spacial score (nSPS) is 16.2. The summed E-state index contributed by atoms with van der Waals surface area (Å²) in [6.07, 6.45) is 5.03. The number of aromatic amines is 1. The molecule has 2 N–H and O–H groups in total. The van der Waals surface area contributed by atoms with Crippen molar-refractivity contribution in [2.24, 2.45) is 0 Å². The van der Waals surface area contributed by atoms with E-state index in [1.165, 1.54) is 12.8 Å². The summed E-state index contributed by atoms with van der Waals surface area (Å²) in [6.45, 7) is 0. The van der Waals surface area contributed by atoms with Crippen LogP contribution in [0.5, 0.6) is 5.75 Å². The average Bonchev–Trinajstić information content (AvgIpc) is 2.96. The number of aromatic nitrogens is 1. The summed E-state index contributed by atoms with van der Waals surface area (Å²) in [6, 6.07) is 7.30. The number of aromatic carboxylic acids is 1. The lowest BCUT2D eigenvalue weighted by Crippen LogP contribution is -2.10. The summed E-state index contributed by atoms with van der Waals surface area (Å²) in [5.41, 5.74) is 1.04. The molecule has 1 heterocycles. The van der Waals surface area contributed by atoms with Crippen LogP contribution in [0.1, 0.15) is 36.2 Å². The zero-order valence-electron chi connectivity index (χ0n) is 9.98. The van der Waals surface area contributed by atoms with Crippen molar-refractivity contribution in [2.75, 3.05) is 0 Å². The first-order valence-electron chi connectivity index (χ1n) is 6.25. The second kappa shape index (κ2) is 4.37. The van der Waals surface area contributed by atoms with E-state index in [4.69, 9.17) is 9.84 Å². The van der Waals surface area contributed by atoms with Gasteiger partial charge < -0.3 is 14.8 Å². The van der Waals surface area contributed by atoms with Crippen molar-refractivity contribution in [3.05, 3.63) is 30.0 Å². The molecule has 1 aromatic carbocycles. The summed E-state index contributed by atoms with van der Waals surface area (Å²) in [5.74, 6) is -0.116. The molecular formula is C14H15NO3. The molecule has 0 atom stereocenters. The second-order valence-corrected chi connectivity index (χ2v) is 4.76. The van der Waals surface area contributed by atoms with E-state index < -0.39 is 5.97 Å². The van der Waals surface area contributed by atoms with Gasteiger partial charge in [-0.3, -0.25) is 0 Å². The van der Waals surface area contributed by atoms with Gasteiger partial charge in [0.15, 0.2) is 0 Å². The first-order chi connectivity index (χ1) is 8.72. The molecule has 0 unspecified atom stereocenters. The highest BCUT2D eigenvalue weighted by atomic mass is 16.5. The van der Waals surface area contributed by atoms with Crippen molar-refractivity contribution in [1.29, 1.82) is 0 Å². The third-order valence-corrected chi connectivity index (χ3v) is 3.43. The summed E-state index contributed by atoms with van der Waals surface area (Å²) < 4.78 is 5.89. The van der Waals surface area contributed by atoms with Crippen molar-refractivity contribution in [1.82, 2.24) is 4.98 Å². The van der Waals surface area contributed by atoms with Crippen molar-refractivity contribution >= 4 is 16.9 Å². The van der Waals surface area contributed by atoms with Gasteiger partial charge in [-0.05, 0) is 49.9 Å². The maximum Gasteiger partial charge on any atom is 0.352 e. The molecule has 1 saturated carbocycles. The number of hydrogen-bond acceptors (Lipinski definition) is 2. The van der Waals surface area contributed by atoms with Crippen LogP contribution in [0.15, 0.2) is 24.3 Å². The number of nitrogens with one attached hydrogen (secondary N) is 1. The van der Waals surface area contributed by atoms with Crippen LogP contribution in [-0.2, 0) is 0 Å². The molecule has 1 aliphatic carbocycles. The van der Waals surface area contributed by atoms with Crippen molar-refractivity contribution in [2.45, 2.75) is 31.8 Å². The Kier molecular flexibility index (Phi) is 2.70. The number of carboxylic acids is 1. The highest BCUT2D eigenvalue weighted by Crippen LogP contribution is 2.27. The number of fused-ring (bicyclic) bond motifs is 1. The lowest BCUT2D eigenvalue weighted by Gasteiger charge is -2.12. The third kappa shape index (κ3) is 2.06. The minimum Gasteiger partial charge on any atom is -0.490 e. The molecule has 1 aromatic heterocycles. The van der Waals surface area contributed by atoms with Gasteiger partial charge >= 0.3 is 5.97 Å². The fourth-order valence-electron chi connectivity index (χ4n) is 2.50. The number of carboxylic acid groups (broad SMARTS) is 1. The summed E-state index contributed by atoms with van der Waals surface area (Å²) in [4.78, 5) is 13.7. The van der Waals surface area contributed by atoms with Crippen LogP contribution in [0.4, 0.5) is 0 Å². The molecule has 0 aliphatic heterocycles. The predicted octanol–water partition coefficient (Wildman–Crippen LogP) is 3.19. The minimum absolute atomic E-state index is 0.211. The van der Waals surface area contributed by atoms with Crippen molar-refractivity contribution in [3.8, 4) is 5.75 Å². The molecule has 1 aliphatic rings. The Morgan fingerprint density at radius 1 is 1.28 bits per heavy atom. The van der Waals surface area contributed by atoms with Gasteiger partial charge in [0.25, 0.3) is 0 Å². The predicted molar refractivity (Wildman–Crippen MR) is 68.1 cm³/mol. The maximum absolute atomic E-state index is 10.9. The van der Waals surface area contributed by atoms with Crippen LogP contribution < -0.4 is 4.74 Å². The van der Waals surface area contributed by atoms with Crippen LogP contribution in [0, 0.1) is 0 Å². The zero-order chi connectivity index (χ0) is 12.5. The molecule has 4 nitrogen and oxygen atoms in total. The van der Waals surface area contributed by atoms with E-state index in [0.717, 1.165) is 29.5 Å². The Hall–Kier alpha value is -1.97. The summed E-state index contributed by atoms with van der Waals surface area (Å²) in [5, 5.41) is 9.80. The molecule has 0 saturated heterocycles. The number of rotatable bonds is 3. The topological polar surface area (TPSA) is 62.3 Å². The number of carbonyl (C=O) groups is 1.